The molecule has 0 aromatic heterocycles. The Bertz CT molecular complexity index is 368. The molecular formula is C10H9BrCl2O2. The maximum Gasteiger partial charge on any atom is 0.303 e. The number of carboxylic acid groups (broad SMARTS) is 1. The number of hydrogen-bond donors (Lipinski definition) is 1. The molecular weight excluding hydrogens is 303 g/mol. The molecule has 0 aliphatic heterocycles. The Morgan fingerprint density at radius 1 is 1.53 bits per heavy atom. The molecule has 1 unspecified atom stereocenters. The summed E-state index contributed by atoms with van der Waals surface area (Å²) >= 11 is 15.2. The smallest absolute Gasteiger partial charge is 0.303 e. The molecule has 0 saturated heterocycles. The lowest BCUT2D eigenvalue weighted by Gasteiger charge is -2.09. The van der Waals surface area contributed by atoms with Crippen molar-refractivity contribution in [3.05, 3.63) is 33.3 Å². The number of aliphatic carboxylic acids is 1. The highest BCUT2D eigenvalue weighted by Gasteiger charge is 2.11. The summed E-state index contributed by atoms with van der Waals surface area (Å²) in [7, 11) is 0. The Labute approximate surface area is 106 Å². The van der Waals surface area contributed by atoms with E-state index in [4.69, 9.17) is 28.3 Å². The first-order valence-electron chi connectivity index (χ1n) is 4.31. The largest absolute Gasteiger partial charge is 0.481 e. The van der Waals surface area contributed by atoms with Gasteiger partial charge in [0.05, 0.1) is 10.4 Å². The van der Waals surface area contributed by atoms with Crippen molar-refractivity contribution in [2.24, 2.45) is 0 Å². The topological polar surface area (TPSA) is 37.3 Å². The quantitative estimate of drug-likeness (QED) is 0.844. The lowest BCUT2D eigenvalue weighted by atomic mass is 10.1. The van der Waals surface area contributed by atoms with Crippen LogP contribution in [-0.2, 0) is 4.79 Å². The molecule has 0 heterocycles. The number of carbonyl (C=O) groups is 1. The summed E-state index contributed by atoms with van der Waals surface area (Å²) < 4.78 is 0.801. The molecule has 0 fully saturated rings. The summed E-state index contributed by atoms with van der Waals surface area (Å²) in [6.45, 7) is 0. The minimum absolute atomic E-state index is 0.0574. The minimum Gasteiger partial charge on any atom is -0.481 e. The van der Waals surface area contributed by atoms with Crippen LogP contribution in [0, 0.1) is 0 Å². The average molecular weight is 312 g/mol. The summed E-state index contributed by atoms with van der Waals surface area (Å²) in [4.78, 5) is 10.4. The van der Waals surface area contributed by atoms with Crippen molar-refractivity contribution in [1.82, 2.24) is 0 Å². The van der Waals surface area contributed by atoms with Crippen molar-refractivity contribution in [2.75, 3.05) is 0 Å². The Hall–Kier alpha value is -0.250. The first-order valence-corrected chi connectivity index (χ1v) is 5.92. The highest BCUT2D eigenvalue weighted by atomic mass is 79.9. The maximum absolute atomic E-state index is 10.4. The lowest BCUT2D eigenvalue weighted by molar-refractivity contribution is -0.137. The standard InChI is InChI=1S/C10H9BrCl2O2/c11-7-2-1-6(5-9(7)13)8(12)3-4-10(14)15/h1-2,5,8H,3-4H2,(H,14,15). The first-order chi connectivity index (χ1) is 7.00. The van der Waals surface area contributed by atoms with Crippen LogP contribution in [0.15, 0.2) is 22.7 Å². The summed E-state index contributed by atoms with van der Waals surface area (Å²) in [5, 5.41) is 8.78. The molecule has 1 N–H and O–H groups in total. The van der Waals surface area contributed by atoms with Crippen LogP contribution in [0.2, 0.25) is 5.02 Å². The molecule has 1 aromatic carbocycles. The molecule has 0 aliphatic rings. The van der Waals surface area contributed by atoms with Crippen LogP contribution < -0.4 is 0 Å². The van der Waals surface area contributed by atoms with Crippen LogP contribution in [0.3, 0.4) is 0 Å². The molecule has 5 heteroatoms. The molecule has 1 rings (SSSR count). The van der Waals surface area contributed by atoms with E-state index in [2.05, 4.69) is 15.9 Å². The normalized spacial score (nSPS) is 12.5. The number of halogens is 3. The molecule has 1 atom stereocenters. The molecule has 0 bridgehead atoms. The minimum atomic E-state index is -0.844. The van der Waals surface area contributed by atoms with Crippen LogP contribution in [0.4, 0.5) is 0 Å². The van der Waals surface area contributed by atoms with E-state index in [1.54, 1.807) is 12.1 Å². The van der Waals surface area contributed by atoms with Gasteiger partial charge in [-0.25, -0.2) is 0 Å². The highest BCUT2D eigenvalue weighted by Crippen LogP contribution is 2.31. The number of hydrogen-bond acceptors (Lipinski definition) is 1. The summed E-state index contributed by atoms with van der Waals surface area (Å²) in [5.41, 5.74) is 0.839. The van der Waals surface area contributed by atoms with Gasteiger partial charge in [0.25, 0.3) is 0 Å². The van der Waals surface area contributed by atoms with Crippen LogP contribution in [0.25, 0.3) is 0 Å². The van der Waals surface area contributed by atoms with Crippen molar-refractivity contribution >= 4 is 45.1 Å². The molecule has 1 aromatic rings. The Morgan fingerprint density at radius 2 is 2.20 bits per heavy atom. The van der Waals surface area contributed by atoms with Crippen molar-refractivity contribution in [2.45, 2.75) is 18.2 Å². The van der Waals surface area contributed by atoms with E-state index in [-0.39, 0.29) is 11.8 Å². The van der Waals surface area contributed by atoms with Crippen molar-refractivity contribution < 1.29 is 9.90 Å². The highest BCUT2D eigenvalue weighted by molar-refractivity contribution is 9.10. The fourth-order valence-corrected chi connectivity index (χ4v) is 1.80. The molecule has 2 nitrogen and oxygen atoms in total. The second-order valence-electron chi connectivity index (χ2n) is 3.07. The van der Waals surface area contributed by atoms with Crippen molar-refractivity contribution in [3.63, 3.8) is 0 Å². The molecule has 0 saturated carbocycles. The van der Waals surface area contributed by atoms with E-state index in [0.717, 1.165) is 10.0 Å². The predicted octanol–water partition coefficient (Wildman–Crippen LogP) is 4.25. The third-order valence-corrected chi connectivity index (χ3v) is 3.62. The summed E-state index contributed by atoms with van der Waals surface area (Å²) in [6, 6.07) is 5.37. The SMILES string of the molecule is O=C(O)CCC(Cl)c1ccc(Br)c(Cl)c1. The van der Waals surface area contributed by atoms with Gasteiger partial charge in [-0.2, -0.15) is 0 Å². The Morgan fingerprint density at radius 3 is 2.73 bits per heavy atom. The van der Waals surface area contributed by atoms with Gasteiger partial charge in [-0.15, -0.1) is 11.6 Å². The molecule has 82 valence electrons. The molecule has 0 radical (unpaired) electrons. The summed E-state index contributed by atoms with van der Waals surface area (Å²) in [5.74, 6) is -0.844. The molecule has 15 heavy (non-hydrogen) atoms. The van der Waals surface area contributed by atoms with E-state index in [9.17, 15) is 4.79 Å². The number of carboxylic acids is 1. The van der Waals surface area contributed by atoms with Gasteiger partial charge in [0, 0.05) is 10.9 Å². The van der Waals surface area contributed by atoms with Gasteiger partial charge < -0.3 is 5.11 Å². The summed E-state index contributed by atoms with van der Waals surface area (Å²) in [6.07, 6.45) is 0.455. The second-order valence-corrected chi connectivity index (χ2v) is 4.86. The van der Waals surface area contributed by atoms with E-state index in [1.165, 1.54) is 0 Å². The van der Waals surface area contributed by atoms with E-state index < -0.39 is 5.97 Å². The molecule has 0 spiro atoms. The second kappa shape index (κ2) is 5.73. The zero-order chi connectivity index (χ0) is 11.4. The van der Waals surface area contributed by atoms with E-state index in [1.807, 2.05) is 6.07 Å². The zero-order valence-corrected chi connectivity index (χ0v) is 10.8. The van der Waals surface area contributed by atoms with Crippen LogP contribution in [0.1, 0.15) is 23.8 Å². The van der Waals surface area contributed by atoms with Gasteiger partial charge in [0.2, 0.25) is 0 Å². The van der Waals surface area contributed by atoms with Crippen molar-refractivity contribution in [3.8, 4) is 0 Å². The molecule has 0 aliphatic carbocycles. The van der Waals surface area contributed by atoms with E-state index in [0.29, 0.717) is 11.4 Å². The van der Waals surface area contributed by atoms with Gasteiger partial charge in [0.1, 0.15) is 0 Å². The van der Waals surface area contributed by atoms with Crippen LogP contribution in [-0.4, -0.2) is 11.1 Å². The predicted molar refractivity (Wildman–Crippen MR) is 64.6 cm³/mol. The van der Waals surface area contributed by atoms with Gasteiger partial charge >= 0.3 is 5.97 Å². The van der Waals surface area contributed by atoms with Gasteiger partial charge in [-0.1, -0.05) is 17.7 Å². The molecule has 0 amide bonds. The average Bonchev–Trinajstić information content (AvgIpc) is 2.18. The van der Waals surface area contributed by atoms with Crippen LogP contribution in [0.5, 0.6) is 0 Å². The van der Waals surface area contributed by atoms with Gasteiger partial charge in [-0.05, 0) is 40.0 Å². The number of alkyl halides is 1. The Kier molecular flexibility index (Phi) is 4.90. The maximum atomic E-state index is 10.4. The van der Waals surface area contributed by atoms with Crippen LogP contribution >= 0.6 is 39.1 Å². The monoisotopic (exact) mass is 310 g/mol. The third kappa shape index (κ3) is 4.01. The lowest BCUT2D eigenvalue weighted by Crippen LogP contribution is -1.98. The van der Waals surface area contributed by atoms with Gasteiger partial charge in [-0.3, -0.25) is 4.79 Å². The fraction of sp³-hybridized carbons (Fsp3) is 0.300. The Balaban J connectivity index is 2.69. The fourth-order valence-electron chi connectivity index (χ4n) is 1.12. The van der Waals surface area contributed by atoms with E-state index >= 15 is 0 Å². The zero-order valence-electron chi connectivity index (χ0n) is 7.71. The first kappa shape index (κ1) is 12.8. The number of rotatable bonds is 4. The van der Waals surface area contributed by atoms with Gasteiger partial charge in [0.15, 0.2) is 0 Å². The number of benzene rings is 1. The third-order valence-electron chi connectivity index (χ3n) is 1.92. The van der Waals surface area contributed by atoms with Crippen molar-refractivity contribution in [1.29, 1.82) is 0 Å².